The standard InChI is InChI=1S/C14H19N3/c1-4-12-9-14(10(2)3)16-17(12)13-7-5-11(15)6-8-13/h5-10H,4,15H2,1-3H3. The summed E-state index contributed by atoms with van der Waals surface area (Å²) in [5, 5.41) is 4.66. The van der Waals surface area contributed by atoms with Gasteiger partial charge in [0.1, 0.15) is 0 Å². The first-order valence-corrected chi connectivity index (χ1v) is 6.06. The highest BCUT2D eigenvalue weighted by atomic mass is 15.3. The Morgan fingerprint density at radius 2 is 1.88 bits per heavy atom. The molecule has 0 bridgehead atoms. The number of aryl methyl sites for hydroxylation is 1. The van der Waals surface area contributed by atoms with E-state index in [0.29, 0.717) is 5.92 Å². The summed E-state index contributed by atoms with van der Waals surface area (Å²) < 4.78 is 2.01. The van der Waals surface area contributed by atoms with Gasteiger partial charge < -0.3 is 5.73 Å². The first-order valence-electron chi connectivity index (χ1n) is 6.06. The number of benzene rings is 1. The maximum absolute atomic E-state index is 5.70. The van der Waals surface area contributed by atoms with Crippen molar-refractivity contribution in [2.45, 2.75) is 33.1 Å². The van der Waals surface area contributed by atoms with Gasteiger partial charge in [0.25, 0.3) is 0 Å². The van der Waals surface area contributed by atoms with E-state index in [9.17, 15) is 0 Å². The lowest BCUT2D eigenvalue weighted by atomic mass is 10.1. The van der Waals surface area contributed by atoms with Crippen molar-refractivity contribution in [1.82, 2.24) is 9.78 Å². The van der Waals surface area contributed by atoms with Crippen molar-refractivity contribution in [1.29, 1.82) is 0 Å². The zero-order valence-electron chi connectivity index (χ0n) is 10.6. The molecule has 3 nitrogen and oxygen atoms in total. The lowest BCUT2D eigenvalue weighted by Crippen LogP contribution is -2.02. The average molecular weight is 229 g/mol. The van der Waals surface area contributed by atoms with Gasteiger partial charge in [0, 0.05) is 11.4 Å². The summed E-state index contributed by atoms with van der Waals surface area (Å²) in [5.74, 6) is 0.454. The van der Waals surface area contributed by atoms with Crippen LogP contribution in [0.25, 0.3) is 5.69 Å². The van der Waals surface area contributed by atoms with E-state index in [4.69, 9.17) is 5.73 Å². The van der Waals surface area contributed by atoms with Crippen LogP contribution in [0.5, 0.6) is 0 Å². The molecule has 0 saturated carbocycles. The van der Waals surface area contributed by atoms with Crippen LogP contribution in [0.3, 0.4) is 0 Å². The van der Waals surface area contributed by atoms with E-state index in [-0.39, 0.29) is 0 Å². The minimum absolute atomic E-state index is 0.454. The predicted molar refractivity (Wildman–Crippen MR) is 71.4 cm³/mol. The van der Waals surface area contributed by atoms with E-state index in [1.54, 1.807) is 0 Å². The summed E-state index contributed by atoms with van der Waals surface area (Å²) >= 11 is 0. The highest BCUT2D eigenvalue weighted by Gasteiger charge is 2.10. The zero-order valence-corrected chi connectivity index (χ0v) is 10.6. The van der Waals surface area contributed by atoms with Crippen molar-refractivity contribution >= 4 is 5.69 Å². The number of aromatic nitrogens is 2. The Labute approximate surface area is 102 Å². The Morgan fingerprint density at radius 1 is 1.24 bits per heavy atom. The fraction of sp³-hybridized carbons (Fsp3) is 0.357. The Kier molecular flexibility index (Phi) is 3.18. The minimum Gasteiger partial charge on any atom is -0.399 e. The van der Waals surface area contributed by atoms with E-state index < -0.39 is 0 Å². The van der Waals surface area contributed by atoms with Gasteiger partial charge in [0.15, 0.2) is 0 Å². The van der Waals surface area contributed by atoms with Crippen molar-refractivity contribution in [3.05, 3.63) is 41.7 Å². The third-order valence-corrected chi connectivity index (χ3v) is 2.89. The molecule has 0 atom stereocenters. The third-order valence-electron chi connectivity index (χ3n) is 2.89. The van der Waals surface area contributed by atoms with E-state index in [1.807, 2.05) is 28.9 Å². The molecule has 0 saturated heterocycles. The molecule has 0 unspecified atom stereocenters. The fourth-order valence-electron chi connectivity index (χ4n) is 1.81. The molecule has 1 heterocycles. The zero-order chi connectivity index (χ0) is 12.4. The molecule has 0 aliphatic carbocycles. The number of hydrogen-bond acceptors (Lipinski definition) is 2. The van der Waals surface area contributed by atoms with Crippen LogP contribution in [0.15, 0.2) is 30.3 Å². The molecule has 3 heteroatoms. The maximum atomic E-state index is 5.70. The largest absolute Gasteiger partial charge is 0.399 e. The molecule has 0 aliphatic heterocycles. The normalized spacial score (nSPS) is 11.1. The summed E-state index contributed by atoms with van der Waals surface area (Å²) in [4.78, 5) is 0. The van der Waals surface area contributed by atoms with Gasteiger partial charge in [-0.3, -0.25) is 0 Å². The van der Waals surface area contributed by atoms with Gasteiger partial charge in [-0.25, -0.2) is 4.68 Å². The molecule has 2 rings (SSSR count). The van der Waals surface area contributed by atoms with E-state index >= 15 is 0 Å². The molecule has 2 N–H and O–H groups in total. The molecule has 2 aromatic rings. The second kappa shape index (κ2) is 4.62. The van der Waals surface area contributed by atoms with Crippen LogP contribution in [0, 0.1) is 0 Å². The van der Waals surface area contributed by atoms with Crippen molar-refractivity contribution in [2.75, 3.05) is 5.73 Å². The summed E-state index contributed by atoms with van der Waals surface area (Å²) in [6.45, 7) is 6.47. The summed E-state index contributed by atoms with van der Waals surface area (Å²) in [7, 11) is 0. The van der Waals surface area contributed by atoms with Gasteiger partial charge in [-0.1, -0.05) is 20.8 Å². The van der Waals surface area contributed by atoms with Crippen molar-refractivity contribution in [2.24, 2.45) is 0 Å². The molecule has 17 heavy (non-hydrogen) atoms. The van der Waals surface area contributed by atoms with Crippen LogP contribution in [0.1, 0.15) is 38.1 Å². The molecule has 0 radical (unpaired) electrons. The quantitative estimate of drug-likeness (QED) is 0.822. The van der Waals surface area contributed by atoms with Gasteiger partial charge >= 0.3 is 0 Å². The van der Waals surface area contributed by atoms with Crippen molar-refractivity contribution < 1.29 is 0 Å². The van der Waals surface area contributed by atoms with Gasteiger partial charge in [-0.15, -0.1) is 0 Å². The third kappa shape index (κ3) is 2.33. The van der Waals surface area contributed by atoms with Crippen LogP contribution in [0.2, 0.25) is 0 Å². The number of nitrogen functional groups attached to an aromatic ring is 1. The first-order chi connectivity index (χ1) is 8.11. The van der Waals surface area contributed by atoms with Gasteiger partial charge in [-0.05, 0) is 42.7 Å². The van der Waals surface area contributed by atoms with Crippen LogP contribution < -0.4 is 5.73 Å². The lowest BCUT2D eigenvalue weighted by molar-refractivity contribution is 0.751. The summed E-state index contributed by atoms with van der Waals surface area (Å²) in [6.07, 6.45) is 0.976. The summed E-state index contributed by atoms with van der Waals surface area (Å²) in [6, 6.07) is 10.0. The summed E-state index contributed by atoms with van der Waals surface area (Å²) in [5.41, 5.74) is 9.92. The molecule has 0 aliphatic rings. The highest BCUT2D eigenvalue weighted by Crippen LogP contribution is 2.19. The van der Waals surface area contributed by atoms with E-state index in [1.165, 1.54) is 5.69 Å². The van der Waals surface area contributed by atoms with Gasteiger partial charge in [0.05, 0.1) is 11.4 Å². The fourth-order valence-corrected chi connectivity index (χ4v) is 1.81. The van der Waals surface area contributed by atoms with Crippen LogP contribution in [-0.4, -0.2) is 9.78 Å². The number of nitrogens with two attached hydrogens (primary N) is 1. The monoisotopic (exact) mass is 229 g/mol. The highest BCUT2D eigenvalue weighted by molar-refractivity contribution is 5.45. The molecule has 0 amide bonds. The number of anilines is 1. The Morgan fingerprint density at radius 3 is 2.41 bits per heavy atom. The van der Waals surface area contributed by atoms with Crippen LogP contribution in [-0.2, 0) is 6.42 Å². The predicted octanol–water partition coefficient (Wildman–Crippen LogP) is 3.14. The average Bonchev–Trinajstić information content (AvgIpc) is 2.74. The SMILES string of the molecule is CCc1cc(C(C)C)nn1-c1ccc(N)cc1. The number of nitrogens with zero attached hydrogens (tertiary/aromatic N) is 2. The van der Waals surface area contributed by atoms with Crippen LogP contribution in [0.4, 0.5) is 5.69 Å². The first kappa shape index (κ1) is 11.7. The van der Waals surface area contributed by atoms with Gasteiger partial charge in [-0.2, -0.15) is 5.10 Å². The number of hydrogen-bond donors (Lipinski definition) is 1. The molecular weight excluding hydrogens is 210 g/mol. The second-order valence-electron chi connectivity index (χ2n) is 4.57. The van der Waals surface area contributed by atoms with Crippen molar-refractivity contribution in [3.63, 3.8) is 0 Å². The Bertz CT molecular complexity index is 495. The maximum Gasteiger partial charge on any atom is 0.0657 e. The Balaban J connectivity index is 2.46. The van der Waals surface area contributed by atoms with E-state index in [0.717, 1.165) is 23.5 Å². The van der Waals surface area contributed by atoms with Crippen molar-refractivity contribution in [3.8, 4) is 5.69 Å². The Hall–Kier alpha value is -1.77. The molecule has 1 aromatic carbocycles. The molecule has 1 aromatic heterocycles. The smallest absolute Gasteiger partial charge is 0.0657 e. The molecule has 0 spiro atoms. The van der Waals surface area contributed by atoms with Gasteiger partial charge in [0.2, 0.25) is 0 Å². The molecule has 90 valence electrons. The molecule has 0 fully saturated rings. The van der Waals surface area contributed by atoms with Crippen LogP contribution >= 0.6 is 0 Å². The number of rotatable bonds is 3. The van der Waals surface area contributed by atoms with E-state index in [2.05, 4.69) is 31.9 Å². The lowest BCUT2D eigenvalue weighted by Gasteiger charge is -2.06. The second-order valence-corrected chi connectivity index (χ2v) is 4.57. The topological polar surface area (TPSA) is 43.8 Å². The minimum atomic E-state index is 0.454. The molecular formula is C14H19N3.